The number of halogens is 1. The molecule has 3 N–H and O–H groups in total. The third-order valence-electron chi connectivity index (χ3n) is 4.48. The minimum absolute atomic E-state index is 0.0259. The maximum Gasteiger partial charge on any atom is 0.278 e. The molecule has 0 aliphatic carbocycles. The molecular formula is C22H22ClN5O4S. The molecule has 0 saturated heterocycles. The second-order valence-electron chi connectivity index (χ2n) is 6.94. The molecule has 0 aliphatic rings. The Morgan fingerprint density at radius 3 is 2.55 bits per heavy atom. The van der Waals surface area contributed by atoms with Crippen LogP contribution in [0.25, 0.3) is 11.3 Å². The zero-order valence-electron chi connectivity index (χ0n) is 18.2. The first-order valence-corrected chi connectivity index (χ1v) is 11.3. The number of carbonyl (C=O) groups excluding carboxylic acids is 2. The molecule has 3 rings (SSSR count). The summed E-state index contributed by atoms with van der Waals surface area (Å²) in [6.07, 6.45) is 0.300. The number of anilines is 2. The lowest BCUT2D eigenvalue weighted by Gasteiger charge is -2.11. The summed E-state index contributed by atoms with van der Waals surface area (Å²) < 4.78 is 5.21. The monoisotopic (exact) mass is 487 g/mol. The summed E-state index contributed by atoms with van der Waals surface area (Å²) in [7, 11) is 1.49. The first kappa shape index (κ1) is 24.3. The standard InChI is InChI=1S/C22H22ClN5O4S/c1-4-18(29)24-15-7-5-12(2)9-14(15)20-21(31)26-22(28-27-20)33-11-19(30)25-16-10-13(23)6-8-17(16)32-3/h5-10H,4,11H2,1-3H3,(H,24,29)(H,25,30)(H,26,28,31). The van der Waals surface area contributed by atoms with E-state index in [1.165, 1.54) is 7.11 Å². The normalized spacial score (nSPS) is 10.5. The van der Waals surface area contributed by atoms with Crippen molar-refractivity contribution in [3.05, 3.63) is 57.3 Å². The number of aromatic nitrogens is 3. The number of rotatable bonds is 8. The lowest BCUT2D eigenvalue weighted by molar-refractivity contribution is -0.116. The molecule has 0 aliphatic heterocycles. The van der Waals surface area contributed by atoms with Crippen LogP contribution in [-0.2, 0) is 9.59 Å². The van der Waals surface area contributed by atoms with Gasteiger partial charge in [-0.25, -0.2) is 0 Å². The minimum Gasteiger partial charge on any atom is -0.495 e. The smallest absolute Gasteiger partial charge is 0.278 e. The van der Waals surface area contributed by atoms with Crippen molar-refractivity contribution in [1.29, 1.82) is 0 Å². The molecule has 0 bridgehead atoms. The zero-order valence-corrected chi connectivity index (χ0v) is 19.8. The van der Waals surface area contributed by atoms with E-state index in [0.29, 0.717) is 34.1 Å². The summed E-state index contributed by atoms with van der Waals surface area (Å²) in [5.74, 6) is -0.0731. The van der Waals surface area contributed by atoms with E-state index in [1.807, 2.05) is 13.0 Å². The van der Waals surface area contributed by atoms with Crippen LogP contribution in [0.15, 0.2) is 46.3 Å². The Balaban J connectivity index is 1.74. The fourth-order valence-electron chi connectivity index (χ4n) is 2.86. The topological polar surface area (TPSA) is 126 Å². The van der Waals surface area contributed by atoms with Crippen LogP contribution in [-0.4, -0.2) is 39.9 Å². The van der Waals surface area contributed by atoms with E-state index in [1.54, 1.807) is 37.3 Å². The molecule has 0 atom stereocenters. The van der Waals surface area contributed by atoms with Gasteiger partial charge in [0.2, 0.25) is 11.8 Å². The van der Waals surface area contributed by atoms with Gasteiger partial charge in [0.15, 0.2) is 10.9 Å². The summed E-state index contributed by atoms with van der Waals surface area (Å²) in [6, 6.07) is 10.2. The Morgan fingerprint density at radius 1 is 1.09 bits per heavy atom. The van der Waals surface area contributed by atoms with Gasteiger partial charge in [0, 0.05) is 17.0 Å². The van der Waals surface area contributed by atoms with E-state index in [-0.39, 0.29) is 28.4 Å². The first-order valence-electron chi connectivity index (χ1n) is 9.94. The summed E-state index contributed by atoms with van der Waals surface area (Å²) in [4.78, 5) is 39.5. The fourth-order valence-corrected chi connectivity index (χ4v) is 3.64. The lowest BCUT2D eigenvalue weighted by Crippen LogP contribution is -2.18. The van der Waals surface area contributed by atoms with E-state index in [4.69, 9.17) is 16.3 Å². The van der Waals surface area contributed by atoms with Crippen LogP contribution in [0.2, 0.25) is 5.02 Å². The van der Waals surface area contributed by atoms with Gasteiger partial charge in [0.1, 0.15) is 5.75 Å². The summed E-state index contributed by atoms with van der Waals surface area (Å²) in [6.45, 7) is 3.61. The van der Waals surface area contributed by atoms with Gasteiger partial charge < -0.3 is 15.4 Å². The van der Waals surface area contributed by atoms with Crippen molar-refractivity contribution in [1.82, 2.24) is 15.2 Å². The number of aromatic amines is 1. The summed E-state index contributed by atoms with van der Waals surface area (Å²) in [5.41, 5.74) is 1.86. The number of hydrogen-bond acceptors (Lipinski definition) is 7. The molecule has 1 aromatic heterocycles. The number of benzene rings is 2. The molecular weight excluding hydrogens is 466 g/mol. The molecule has 3 aromatic rings. The van der Waals surface area contributed by atoms with Crippen molar-refractivity contribution in [3.63, 3.8) is 0 Å². The molecule has 2 aromatic carbocycles. The number of ether oxygens (including phenoxy) is 1. The molecule has 0 radical (unpaired) electrons. The highest BCUT2D eigenvalue weighted by atomic mass is 35.5. The van der Waals surface area contributed by atoms with Crippen LogP contribution in [0.4, 0.5) is 11.4 Å². The second kappa shape index (κ2) is 11.0. The predicted octanol–water partition coefficient (Wildman–Crippen LogP) is 3.88. The van der Waals surface area contributed by atoms with Crippen molar-refractivity contribution in [3.8, 4) is 17.0 Å². The van der Waals surface area contributed by atoms with Gasteiger partial charge in [-0.2, -0.15) is 0 Å². The van der Waals surface area contributed by atoms with E-state index in [0.717, 1.165) is 17.3 Å². The van der Waals surface area contributed by atoms with E-state index < -0.39 is 5.56 Å². The van der Waals surface area contributed by atoms with Gasteiger partial charge >= 0.3 is 0 Å². The Kier molecular flexibility index (Phi) is 8.07. The third-order valence-corrected chi connectivity index (χ3v) is 5.58. The Hall–Kier alpha value is -3.37. The van der Waals surface area contributed by atoms with Crippen LogP contribution in [0.1, 0.15) is 18.9 Å². The van der Waals surface area contributed by atoms with E-state index in [9.17, 15) is 14.4 Å². The number of carbonyl (C=O) groups is 2. The van der Waals surface area contributed by atoms with Gasteiger partial charge in [-0.3, -0.25) is 19.4 Å². The van der Waals surface area contributed by atoms with Crippen molar-refractivity contribution < 1.29 is 14.3 Å². The average molecular weight is 488 g/mol. The lowest BCUT2D eigenvalue weighted by atomic mass is 10.1. The Morgan fingerprint density at radius 2 is 1.85 bits per heavy atom. The number of aryl methyl sites for hydroxylation is 1. The number of H-pyrrole nitrogens is 1. The average Bonchev–Trinajstić information content (AvgIpc) is 2.79. The fraction of sp³-hybridized carbons (Fsp3) is 0.227. The van der Waals surface area contributed by atoms with Crippen LogP contribution >= 0.6 is 23.4 Å². The highest BCUT2D eigenvalue weighted by Crippen LogP contribution is 2.28. The quantitative estimate of drug-likeness (QED) is 0.411. The number of amides is 2. The zero-order chi connectivity index (χ0) is 24.0. The number of nitrogens with one attached hydrogen (secondary N) is 3. The molecule has 33 heavy (non-hydrogen) atoms. The molecule has 1 heterocycles. The molecule has 0 fully saturated rings. The Labute approximate surface area is 199 Å². The van der Waals surface area contributed by atoms with Gasteiger partial charge in [-0.1, -0.05) is 41.9 Å². The molecule has 11 heteroatoms. The minimum atomic E-state index is -0.484. The Bertz CT molecular complexity index is 1250. The van der Waals surface area contributed by atoms with Crippen LogP contribution in [0.3, 0.4) is 0 Å². The van der Waals surface area contributed by atoms with E-state index in [2.05, 4.69) is 25.8 Å². The van der Waals surface area contributed by atoms with Crippen molar-refractivity contribution in [2.75, 3.05) is 23.5 Å². The number of thioether (sulfide) groups is 1. The third kappa shape index (κ3) is 6.33. The summed E-state index contributed by atoms with van der Waals surface area (Å²) in [5, 5.41) is 14.2. The van der Waals surface area contributed by atoms with Gasteiger partial charge in [0.25, 0.3) is 5.56 Å². The van der Waals surface area contributed by atoms with Crippen molar-refractivity contribution >= 4 is 46.6 Å². The number of hydrogen-bond donors (Lipinski definition) is 3. The maximum absolute atomic E-state index is 12.7. The van der Waals surface area contributed by atoms with Gasteiger partial charge in [0.05, 0.1) is 24.2 Å². The molecule has 9 nitrogen and oxygen atoms in total. The predicted molar refractivity (Wildman–Crippen MR) is 129 cm³/mol. The summed E-state index contributed by atoms with van der Waals surface area (Å²) >= 11 is 7.00. The SMILES string of the molecule is CCC(=O)Nc1ccc(C)cc1-c1nnc(SCC(=O)Nc2cc(Cl)ccc2OC)[nH]c1=O. The van der Waals surface area contributed by atoms with Crippen molar-refractivity contribution in [2.45, 2.75) is 25.4 Å². The number of nitrogens with zero attached hydrogens (tertiary/aromatic N) is 2. The van der Waals surface area contributed by atoms with Gasteiger partial charge in [-0.15, -0.1) is 10.2 Å². The van der Waals surface area contributed by atoms with Crippen LogP contribution in [0, 0.1) is 6.92 Å². The van der Waals surface area contributed by atoms with Gasteiger partial charge in [-0.05, 0) is 37.3 Å². The van der Waals surface area contributed by atoms with Crippen LogP contribution in [0.5, 0.6) is 5.75 Å². The number of methoxy groups -OCH3 is 1. The largest absolute Gasteiger partial charge is 0.495 e. The molecule has 0 unspecified atom stereocenters. The van der Waals surface area contributed by atoms with Crippen LogP contribution < -0.4 is 20.9 Å². The first-order chi connectivity index (χ1) is 15.8. The second-order valence-corrected chi connectivity index (χ2v) is 8.34. The maximum atomic E-state index is 12.7. The molecule has 2 amide bonds. The molecule has 0 spiro atoms. The highest BCUT2D eigenvalue weighted by Gasteiger charge is 2.15. The van der Waals surface area contributed by atoms with Crippen molar-refractivity contribution in [2.24, 2.45) is 0 Å². The molecule has 0 saturated carbocycles. The molecule has 172 valence electrons. The highest BCUT2D eigenvalue weighted by molar-refractivity contribution is 7.99. The van der Waals surface area contributed by atoms with E-state index >= 15 is 0 Å².